The van der Waals surface area contributed by atoms with E-state index < -0.39 is 0 Å². The first-order valence-electron chi connectivity index (χ1n) is 6.84. The monoisotopic (exact) mass is 383 g/mol. The van der Waals surface area contributed by atoms with Crippen LogP contribution in [0.15, 0.2) is 24.3 Å². The van der Waals surface area contributed by atoms with Gasteiger partial charge in [0.25, 0.3) is 5.91 Å². The van der Waals surface area contributed by atoms with Crippen LogP contribution in [0.2, 0.25) is 0 Å². The van der Waals surface area contributed by atoms with E-state index in [2.05, 4.69) is 33.6 Å². The molecule has 5 heteroatoms. The summed E-state index contributed by atoms with van der Waals surface area (Å²) in [6, 6.07) is 9.97. The molecule has 0 bridgehead atoms. The number of carbonyl (C=O) groups is 1. The van der Waals surface area contributed by atoms with Crippen molar-refractivity contribution in [3.05, 3.63) is 33.4 Å². The van der Waals surface area contributed by atoms with E-state index in [1.54, 1.807) is 0 Å². The molecule has 1 aromatic carbocycles. The number of piperazine rings is 1. The zero-order valence-corrected chi connectivity index (χ0v) is 13.7. The van der Waals surface area contributed by atoms with Crippen molar-refractivity contribution in [1.82, 2.24) is 9.80 Å². The van der Waals surface area contributed by atoms with Crippen molar-refractivity contribution >= 4 is 28.5 Å². The van der Waals surface area contributed by atoms with Gasteiger partial charge in [0.1, 0.15) is 0 Å². The summed E-state index contributed by atoms with van der Waals surface area (Å²) in [5.74, 6) is 0.0909. The molecule has 1 unspecified atom stereocenters. The third kappa shape index (κ3) is 3.49. The van der Waals surface area contributed by atoms with E-state index in [1.165, 1.54) is 0 Å². The maximum absolute atomic E-state index is 12.4. The van der Waals surface area contributed by atoms with E-state index in [-0.39, 0.29) is 11.9 Å². The number of hydrogen-bond acceptors (Lipinski definition) is 3. The van der Waals surface area contributed by atoms with Crippen molar-refractivity contribution in [2.75, 3.05) is 26.2 Å². The Morgan fingerprint density at radius 3 is 2.65 bits per heavy atom. The fourth-order valence-electron chi connectivity index (χ4n) is 2.47. The lowest BCUT2D eigenvalue weighted by Gasteiger charge is -2.36. The normalized spacial score (nSPS) is 17.6. The van der Waals surface area contributed by atoms with Gasteiger partial charge in [-0.2, -0.15) is 5.26 Å². The second-order valence-corrected chi connectivity index (χ2v) is 6.14. The Bertz CT molecular complexity index is 518. The molecule has 1 aliphatic rings. The van der Waals surface area contributed by atoms with Crippen molar-refractivity contribution in [3.63, 3.8) is 0 Å². The maximum Gasteiger partial charge on any atom is 0.253 e. The molecule has 0 spiro atoms. The SMILES string of the molecule is CCC(C#N)N1CCN(C(=O)c2cccc(I)c2)CC1. The number of nitriles is 1. The Morgan fingerprint density at radius 2 is 2.10 bits per heavy atom. The highest BCUT2D eigenvalue weighted by molar-refractivity contribution is 14.1. The summed E-state index contributed by atoms with van der Waals surface area (Å²) in [7, 11) is 0. The van der Waals surface area contributed by atoms with E-state index in [0.717, 1.165) is 28.6 Å². The first-order chi connectivity index (χ1) is 9.65. The van der Waals surface area contributed by atoms with Crippen molar-refractivity contribution in [2.45, 2.75) is 19.4 Å². The van der Waals surface area contributed by atoms with Crippen LogP contribution in [0.1, 0.15) is 23.7 Å². The van der Waals surface area contributed by atoms with Gasteiger partial charge in [0.2, 0.25) is 0 Å². The molecular weight excluding hydrogens is 365 g/mol. The first-order valence-corrected chi connectivity index (χ1v) is 7.92. The highest BCUT2D eigenvalue weighted by atomic mass is 127. The van der Waals surface area contributed by atoms with Crippen molar-refractivity contribution < 1.29 is 4.79 Å². The van der Waals surface area contributed by atoms with Gasteiger partial charge < -0.3 is 4.90 Å². The van der Waals surface area contributed by atoms with Crippen LogP contribution in [0, 0.1) is 14.9 Å². The van der Waals surface area contributed by atoms with Crippen LogP contribution in [0.3, 0.4) is 0 Å². The molecule has 106 valence electrons. The summed E-state index contributed by atoms with van der Waals surface area (Å²) in [5.41, 5.74) is 0.748. The molecule has 0 aromatic heterocycles. The molecule has 0 saturated carbocycles. The quantitative estimate of drug-likeness (QED) is 0.753. The maximum atomic E-state index is 12.4. The van der Waals surface area contributed by atoms with Gasteiger partial charge in [-0.1, -0.05) is 13.0 Å². The van der Waals surface area contributed by atoms with Crippen LogP contribution in [0.5, 0.6) is 0 Å². The number of nitrogens with zero attached hydrogens (tertiary/aromatic N) is 3. The summed E-state index contributed by atoms with van der Waals surface area (Å²) in [4.78, 5) is 16.5. The number of benzene rings is 1. The summed E-state index contributed by atoms with van der Waals surface area (Å²) in [5, 5.41) is 9.09. The lowest BCUT2D eigenvalue weighted by Crippen LogP contribution is -2.51. The van der Waals surface area contributed by atoms with Gasteiger partial charge in [-0.25, -0.2) is 0 Å². The molecule has 0 radical (unpaired) electrons. The van der Waals surface area contributed by atoms with Gasteiger partial charge in [-0.05, 0) is 47.2 Å². The molecule has 0 N–H and O–H groups in total. The van der Waals surface area contributed by atoms with Gasteiger partial charge in [-0.15, -0.1) is 0 Å². The van der Waals surface area contributed by atoms with Crippen molar-refractivity contribution in [3.8, 4) is 6.07 Å². The predicted molar refractivity (Wildman–Crippen MR) is 86.3 cm³/mol. The minimum atomic E-state index is -0.0232. The Hall–Kier alpha value is -1.13. The fourth-order valence-corrected chi connectivity index (χ4v) is 3.02. The first kappa shape index (κ1) is 15.3. The number of hydrogen-bond donors (Lipinski definition) is 0. The summed E-state index contributed by atoms with van der Waals surface area (Å²) >= 11 is 2.22. The number of halogens is 1. The van der Waals surface area contributed by atoms with Crippen LogP contribution in [-0.4, -0.2) is 47.9 Å². The molecular formula is C15H18IN3O. The molecule has 1 amide bonds. The summed E-state index contributed by atoms with van der Waals surface area (Å²) < 4.78 is 1.07. The minimum Gasteiger partial charge on any atom is -0.336 e. The second-order valence-electron chi connectivity index (χ2n) is 4.89. The fraction of sp³-hybridized carbons (Fsp3) is 0.467. The van der Waals surface area contributed by atoms with Gasteiger partial charge in [0.05, 0.1) is 12.1 Å². The molecule has 1 saturated heterocycles. The van der Waals surface area contributed by atoms with Gasteiger partial charge in [-0.3, -0.25) is 9.69 Å². The van der Waals surface area contributed by atoms with Crippen molar-refractivity contribution in [2.24, 2.45) is 0 Å². The van der Waals surface area contributed by atoms with Crippen LogP contribution in [-0.2, 0) is 0 Å². The van der Waals surface area contributed by atoms with Crippen molar-refractivity contribution in [1.29, 1.82) is 5.26 Å². The number of amides is 1. The van der Waals surface area contributed by atoms with E-state index in [0.29, 0.717) is 13.1 Å². The second kappa shape index (κ2) is 7.04. The molecule has 0 aliphatic carbocycles. The van der Waals surface area contributed by atoms with E-state index in [1.807, 2.05) is 36.1 Å². The van der Waals surface area contributed by atoms with E-state index in [4.69, 9.17) is 5.26 Å². The van der Waals surface area contributed by atoms with Crippen LogP contribution >= 0.6 is 22.6 Å². The lowest BCUT2D eigenvalue weighted by molar-refractivity contribution is 0.0604. The van der Waals surface area contributed by atoms with Gasteiger partial charge >= 0.3 is 0 Å². The predicted octanol–water partition coefficient (Wildman–Crippen LogP) is 2.35. The molecule has 4 nitrogen and oxygen atoms in total. The third-order valence-corrected chi connectivity index (χ3v) is 4.32. The average Bonchev–Trinajstić information content (AvgIpc) is 2.48. The molecule has 1 aliphatic heterocycles. The Morgan fingerprint density at radius 1 is 1.40 bits per heavy atom. The molecule has 1 atom stereocenters. The smallest absolute Gasteiger partial charge is 0.253 e. The van der Waals surface area contributed by atoms with E-state index in [9.17, 15) is 4.79 Å². The van der Waals surface area contributed by atoms with Crippen LogP contribution < -0.4 is 0 Å². The molecule has 20 heavy (non-hydrogen) atoms. The lowest BCUT2D eigenvalue weighted by atomic mass is 10.1. The summed E-state index contributed by atoms with van der Waals surface area (Å²) in [6.45, 7) is 4.98. The Balaban J connectivity index is 1.97. The Kier molecular flexibility index (Phi) is 5.38. The zero-order valence-electron chi connectivity index (χ0n) is 11.6. The largest absolute Gasteiger partial charge is 0.336 e. The average molecular weight is 383 g/mol. The molecule has 1 fully saturated rings. The minimum absolute atomic E-state index is 0.0232. The van der Waals surface area contributed by atoms with Crippen LogP contribution in [0.25, 0.3) is 0 Å². The summed E-state index contributed by atoms with van der Waals surface area (Å²) in [6.07, 6.45) is 0.835. The molecule has 1 heterocycles. The standard InChI is InChI=1S/C15H18IN3O/c1-2-14(11-17)18-6-8-19(9-7-18)15(20)12-4-3-5-13(16)10-12/h3-5,10,14H,2,6-9H2,1H3. The molecule has 1 aromatic rings. The highest BCUT2D eigenvalue weighted by Crippen LogP contribution is 2.14. The van der Waals surface area contributed by atoms with Gasteiger partial charge in [0.15, 0.2) is 0 Å². The number of carbonyl (C=O) groups excluding carboxylic acids is 1. The molecule has 2 rings (SSSR count). The Labute approximate surface area is 133 Å². The zero-order chi connectivity index (χ0) is 14.5. The highest BCUT2D eigenvalue weighted by Gasteiger charge is 2.25. The topological polar surface area (TPSA) is 47.3 Å². The van der Waals surface area contributed by atoms with E-state index >= 15 is 0 Å². The van der Waals surface area contributed by atoms with Crippen LogP contribution in [0.4, 0.5) is 0 Å². The number of rotatable bonds is 3. The third-order valence-electron chi connectivity index (χ3n) is 3.65. The van der Waals surface area contributed by atoms with Gasteiger partial charge in [0, 0.05) is 35.3 Å².